The summed E-state index contributed by atoms with van der Waals surface area (Å²) in [7, 11) is -0.615. The molecule has 0 amide bonds. The summed E-state index contributed by atoms with van der Waals surface area (Å²) in [5, 5.41) is 9.47. The molecule has 0 saturated carbocycles. The molecule has 0 aliphatic carbocycles. The minimum atomic E-state index is -3.49. The topological polar surface area (TPSA) is 95.7 Å². The highest BCUT2D eigenvalue weighted by Crippen LogP contribution is 2.16. The van der Waals surface area contributed by atoms with Crippen LogP contribution >= 0.6 is 0 Å². The zero-order valence-corrected chi connectivity index (χ0v) is 10.6. The van der Waals surface area contributed by atoms with Gasteiger partial charge in [-0.05, 0) is 17.7 Å². The van der Waals surface area contributed by atoms with Gasteiger partial charge in [0.15, 0.2) is 0 Å². The average molecular weight is 259 g/mol. The Kier molecular flexibility index (Phi) is 4.47. The van der Waals surface area contributed by atoms with E-state index in [1.54, 1.807) is 24.3 Å². The number of aliphatic hydroxyl groups is 1. The van der Waals surface area contributed by atoms with Gasteiger partial charge in [-0.1, -0.05) is 12.1 Å². The zero-order chi connectivity index (χ0) is 13.1. The van der Waals surface area contributed by atoms with Crippen molar-refractivity contribution in [1.29, 1.82) is 0 Å². The fourth-order valence-electron chi connectivity index (χ4n) is 1.15. The fraction of sp³-hybridized carbons (Fsp3) is 0.400. The molecular weight excluding hydrogens is 242 g/mol. The van der Waals surface area contributed by atoms with Crippen molar-refractivity contribution in [3.05, 3.63) is 29.8 Å². The second-order valence-electron chi connectivity index (χ2n) is 3.76. The molecule has 1 rings (SSSR count). The van der Waals surface area contributed by atoms with Gasteiger partial charge in [-0.2, -0.15) is 12.7 Å². The Balaban J connectivity index is 2.83. The zero-order valence-electron chi connectivity index (χ0n) is 9.79. The summed E-state index contributed by atoms with van der Waals surface area (Å²) in [6.45, 7) is 0.128. The van der Waals surface area contributed by atoms with Crippen LogP contribution in [-0.2, 0) is 10.2 Å². The first kappa shape index (κ1) is 13.9. The third-order valence-corrected chi connectivity index (χ3v) is 3.70. The van der Waals surface area contributed by atoms with Crippen LogP contribution in [-0.4, -0.2) is 38.5 Å². The third kappa shape index (κ3) is 3.67. The molecule has 1 aromatic rings. The molecule has 1 aromatic carbocycles. The van der Waals surface area contributed by atoms with Crippen LogP contribution in [0.5, 0.6) is 0 Å². The van der Waals surface area contributed by atoms with Gasteiger partial charge in [0.1, 0.15) is 0 Å². The highest BCUT2D eigenvalue weighted by Gasteiger charge is 2.13. The lowest BCUT2D eigenvalue weighted by Gasteiger charge is -2.14. The largest absolute Gasteiger partial charge is 0.387 e. The molecule has 0 aromatic heterocycles. The molecule has 1 unspecified atom stereocenters. The van der Waals surface area contributed by atoms with Crippen LogP contribution in [0.3, 0.4) is 0 Å². The molecule has 17 heavy (non-hydrogen) atoms. The number of nitrogens with two attached hydrogens (primary N) is 1. The third-order valence-electron chi connectivity index (χ3n) is 2.25. The predicted octanol–water partition coefficient (Wildman–Crippen LogP) is -0.103. The van der Waals surface area contributed by atoms with Gasteiger partial charge in [-0.25, -0.2) is 0 Å². The van der Waals surface area contributed by atoms with Gasteiger partial charge in [0.05, 0.1) is 6.10 Å². The van der Waals surface area contributed by atoms with Crippen molar-refractivity contribution in [2.24, 2.45) is 5.73 Å². The fourth-order valence-corrected chi connectivity index (χ4v) is 1.77. The normalized spacial score (nSPS) is 13.7. The maximum atomic E-state index is 11.5. The Morgan fingerprint density at radius 2 is 1.88 bits per heavy atom. The summed E-state index contributed by atoms with van der Waals surface area (Å²) < 4.78 is 26.5. The highest BCUT2D eigenvalue weighted by molar-refractivity contribution is 7.90. The van der Waals surface area contributed by atoms with E-state index in [0.29, 0.717) is 11.3 Å². The van der Waals surface area contributed by atoms with Gasteiger partial charge in [-0.15, -0.1) is 0 Å². The first-order valence-electron chi connectivity index (χ1n) is 5.05. The number of nitrogens with one attached hydrogen (secondary N) is 1. The smallest absolute Gasteiger partial charge is 0.301 e. The first-order chi connectivity index (χ1) is 7.86. The van der Waals surface area contributed by atoms with Gasteiger partial charge in [-0.3, -0.25) is 4.72 Å². The van der Waals surface area contributed by atoms with E-state index in [0.717, 1.165) is 4.31 Å². The van der Waals surface area contributed by atoms with Crippen LogP contribution in [0.25, 0.3) is 0 Å². The maximum absolute atomic E-state index is 11.5. The number of anilines is 1. The van der Waals surface area contributed by atoms with E-state index in [1.807, 2.05) is 0 Å². The van der Waals surface area contributed by atoms with Crippen LogP contribution in [0.1, 0.15) is 11.7 Å². The minimum Gasteiger partial charge on any atom is -0.387 e. The average Bonchev–Trinajstić information content (AvgIpc) is 2.28. The highest BCUT2D eigenvalue weighted by atomic mass is 32.2. The number of rotatable bonds is 5. The SMILES string of the molecule is CN(C)S(=O)(=O)Nc1ccc(C(O)CN)cc1. The van der Waals surface area contributed by atoms with Gasteiger partial charge in [0.25, 0.3) is 0 Å². The van der Waals surface area contributed by atoms with Crippen molar-refractivity contribution in [3.63, 3.8) is 0 Å². The van der Waals surface area contributed by atoms with Crippen LogP contribution in [0, 0.1) is 0 Å². The van der Waals surface area contributed by atoms with Crippen LogP contribution in [0.15, 0.2) is 24.3 Å². The second kappa shape index (κ2) is 5.46. The molecule has 0 aliphatic rings. The molecule has 0 aliphatic heterocycles. The van der Waals surface area contributed by atoms with E-state index < -0.39 is 16.3 Å². The number of benzene rings is 1. The predicted molar refractivity (Wildman–Crippen MR) is 66.7 cm³/mol. The maximum Gasteiger partial charge on any atom is 0.301 e. The van der Waals surface area contributed by atoms with E-state index in [4.69, 9.17) is 5.73 Å². The monoisotopic (exact) mass is 259 g/mol. The van der Waals surface area contributed by atoms with Gasteiger partial charge in [0.2, 0.25) is 0 Å². The van der Waals surface area contributed by atoms with E-state index in [9.17, 15) is 13.5 Å². The minimum absolute atomic E-state index is 0.128. The van der Waals surface area contributed by atoms with Crippen molar-refractivity contribution in [1.82, 2.24) is 4.31 Å². The number of hydrogen-bond acceptors (Lipinski definition) is 4. The summed E-state index contributed by atoms with van der Waals surface area (Å²) in [5.41, 5.74) is 6.41. The molecule has 0 bridgehead atoms. The summed E-state index contributed by atoms with van der Waals surface area (Å²) in [5.74, 6) is 0. The Morgan fingerprint density at radius 3 is 2.29 bits per heavy atom. The number of hydrogen-bond donors (Lipinski definition) is 3. The van der Waals surface area contributed by atoms with Crippen LogP contribution in [0.4, 0.5) is 5.69 Å². The van der Waals surface area contributed by atoms with E-state index in [2.05, 4.69) is 4.72 Å². The number of aliphatic hydroxyl groups excluding tert-OH is 1. The standard InChI is InChI=1S/C10H17N3O3S/c1-13(2)17(15,16)12-9-5-3-8(4-6-9)10(14)7-11/h3-6,10,12,14H,7,11H2,1-2H3. The van der Waals surface area contributed by atoms with E-state index in [1.165, 1.54) is 14.1 Å². The van der Waals surface area contributed by atoms with Crippen molar-refractivity contribution < 1.29 is 13.5 Å². The van der Waals surface area contributed by atoms with Crippen molar-refractivity contribution >= 4 is 15.9 Å². The van der Waals surface area contributed by atoms with Crippen molar-refractivity contribution in [3.8, 4) is 0 Å². The molecule has 7 heteroatoms. The molecule has 0 spiro atoms. The van der Waals surface area contributed by atoms with Crippen LogP contribution in [0.2, 0.25) is 0 Å². The Morgan fingerprint density at radius 1 is 1.35 bits per heavy atom. The lowest BCUT2D eigenvalue weighted by molar-refractivity contribution is 0.187. The Hall–Kier alpha value is -1.15. The summed E-state index contributed by atoms with van der Waals surface area (Å²) in [4.78, 5) is 0. The van der Waals surface area contributed by atoms with Gasteiger partial charge < -0.3 is 10.8 Å². The Bertz CT molecular complexity index is 456. The molecular formula is C10H17N3O3S. The van der Waals surface area contributed by atoms with Gasteiger partial charge in [0, 0.05) is 26.3 Å². The van der Waals surface area contributed by atoms with E-state index >= 15 is 0 Å². The lowest BCUT2D eigenvalue weighted by atomic mass is 10.1. The molecule has 0 saturated heterocycles. The lowest BCUT2D eigenvalue weighted by Crippen LogP contribution is -2.28. The quantitative estimate of drug-likeness (QED) is 0.688. The summed E-state index contributed by atoms with van der Waals surface area (Å²) in [6, 6.07) is 6.42. The van der Waals surface area contributed by atoms with Crippen LogP contribution < -0.4 is 10.5 Å². The number of nitrogens with zero attached hydrogens (tertiary/aromatic N) is 1. The van der Waals surface area contributed by atoms with Crippen molar-refractivity contribution in [2.75, 3.05) is 25.4 Å². The van der Waals surface area contributed by atoms with E-state index in [-0.39, 0.29) is 6.54 Å². The molecule has 0 fully saturated rings. The second-order valence-corrected chi connectivity index (χ2v) is 5.65. The Labute approximate surface area is 101 Å². The summed E-state index contributed by atoms with van der Waals surface area (Å²) in [6.07, 6.45) is -0.727. The molecule has 96 valence electrons. The van der Waals surface area contributed by atoms with Gasteiger partial charge >= 0.3 is 10.2 Å². The molecule has 1 atom stereocenters. The molecule has 6 nitrogen and oxygen atoms in total. The molecule has 0 heterocycles. The first-order valence-corrected chi connectivity index (χ1v) is 6.49. The summed E-state index contributed by atoms with van der Waals surface area (Å²) >= 11 is 0. The molecule has 4 N–H and O–H groups in total. The van der Waals surface area contributed by atoms with Crippen molar-refractivity contribution in [2.45, 2.75) is 6.10 Å². The molecule has 0 radical (unpaired) electrons.